The van der Waals surface area contributed by atoms with E-state index in [0.717, 1.165) is 11.1 Å². The molecule has 0 saturated carbocycles. The van der Waals surface area contributed by atoms with Crippen LogP contribution in [-0.2, 0) is 21.2 Å². The first-order valence-electron chi connectivity index (χ1n) is 8.87. The van der Waals surface area contributed by atoms with Gasteiger partial charge < -0.3 is 9.64 Å². The molecular weight excluding hydrogens is 421 g/mol. The molecule has 1 amide bonds. The highest BCUT2D eigenvalue weighted by Gasteiger charge is 2.34. The lowest BCUT2D eigenvalue weighted by Crippen LogP contribution is -2.43. The summed E-state index contributed by atoms with van der Waals surface area (Å²) in [5, 5.41) is 1.20. The summed E-state index contributed by atoms with van der Waals surface area (Å²) in [6.45, 7) is 1.98. The molecule has 0 aliphatic carbocycles. The zero-order chi connectivity index (χ0) is 20.3. The van der Waals surface area contributed by atoms with Gasteiger partial charge in [-0.3, -0.25) is 4.79 Å². The van der Waals surface area contributed by atoms with Crippen molar-refractivity contribution in [1.82, 2.24) is 4.90 Å². The van der Waals surface area contributed by atoms with Crippen molar-refractivity contribution in [3.63, 3.8) is 0 Å². The van der Waals surface area contributed by atoms with Gasteiger partial charge in [-0.15, -0.1) is 0 Å². The van der Waals surface area contributed by atoms with E-state index in [1.807, 2.05) is 19.1 Å². The van der Waals surface area contributed by atoms with Crippen LogP contribution < -0.4 is 4.74 Å². The number of ether oxygens (including phenoxy) is 1. The highest BCUT2D eigenvalue weighted by Crippen LogP contribution is 2.24. The van der Waals surface area contributed by atoms with E-state index < -0.39 is 9.84 Å². The molecule has 2 aromatic carbocycles. The zero-order valence-electron chi connectivity index (χ0n) is 15.4. The predicted octanol–water partition coefficient (Wildman–Crippen LogP) is 3.90. The second kappa shape index (κ2) is 8.72. The van der Waals surface area contributed by atoms with E-state index in [4.69, 9.17) is 27.9 Å². The highest BCUT2D eigenvalue weighted by molar-refractivity contribution is 7.91. The van der Waals surface area contributed by atoms with Gasteiger partial charge in [0.1, 0.15) is 5.75 Å². The summed E-state index contributed by atoms with van der Waals surface area (Å²) < 4.78 is 29.5. The van der Waals surface area contributed by atoms with E-state index in [9.17, 15) is 13.2 Å². The fourth-order valence-electron chi connectivity index (χ4n) is 3.23. The topological polar surface area (TPSA) is 63.7 Å². The fraction of sp³-hybridized carbons (Fsp3) is 0.350. The molecule has 0 bridgehead atoms. The van der Waals surface area contributed by atoms with Gasteiger partial charge in [0, 0.05) is 22.6 Å². The lowest BCUT2D eigenvalue weighted by Gasteiger charge is -2.28. The van der Waals surface area contributed by atoms with Gasteiger partial charge in [0.2, 0.25) is 0 Å². The van der Waals surface area contributed by atoms with E-state index in [-0.39, 0.29) is 30.1 Å². The lowest BCUT2D eigenvalue weighted by molar-refractivity contribution is -0.136. The first-order chi connectivity index (χ1) is 13.2. The van der Waals surface area contributed by atoms with Crippen LogP contribution in [0.2, 0.25) is 10.0 Å². The van der Waals surface area contributed by atoms with E-state index in [0.29, 0.717) is 28.8 Å². The van der Waals surface area contributed by atoms with E-state index in [1.165, 1.54) is 0 Å². The zero-order valence-corrected chi connectivity index (χ0v) is 17.7. The minimum Gasteiger partial charge on any atom is -0.483 e. The number of carbonyl (C=O) groups excluding carboxylic acids is 1. The van der Waals surface area contributed by atoms with Crippen molar-refractivity contribution in [3.05, 3.63) is 63.6 Å². The minimum atomic E-state index is -3.12. The van der Waals surface area contributed by atoms with Gasteiger partial charge in [-0.05, 0) is 54.8 Å². The Morgan fingerprint density at radius 3 is 2.43 bits per heavy atom. The molecule has 1 atom stereocenters. The van der Waals surface area contributed by atoms with Crippen LogP contribution in [0.5, 0.6) is 5.75 Å². The molecule has 5 nitrogen and oxygen atoms in total. The molecule has 0 aromatic heterocycles. The Kier molecular flexibility index (Phi) is 6.53. The number of aryl methyl sites for hydroxylation is 1. The van der Waals surface area contributed by atoms with E-state index >= 15 is 0 Å². The van der Waals surface area contributed by atoms with Crippen LogP contribution in [0.25, 0.3) is 0 Å². The van der Waals surface area contributed by atoms with Crippen molar-refractivity contribution in [1.29, 1.82) is 0 Å². The molecule has 0 unspecified atom stereocenters. The molecule has 0 spiro atoms. The van der Waals surface area contributed by atoms with Crippen molar-refractivity contribution in [3.8, 4) is 5.75 Å². The van der Waals surface area contributed by atoms with Crippen LogP contribution in [0, 0.1) is 6.92 Å². The summed E-state index contributed by atoms with van der Waals surface area (Å²) in [7, 11) is -3.12. The molecule has 0 radical (unpaired) electrons. The normalized spacial score (nSPS) is 18.0. The summed E-state index contributed by atoms with van der Waals surface area (Å²) in [6, 6.07) is 12.0. The van der Waals surface area contributed by atoms with Crippen LogP contribution >= 0.6 is 23.2 Å². The molecule has 3 rings (SSSR count). The van der Waals surface area contributed by atoms with Crippen molar-refractivity contribution in [2.24, 2.45) is 0 Å². The number of amides is 1. The Balaban J connectivity index is 1.75. The smallest absolute Gasteiger partial charge is 0.261 e. The largest absolute Gasteiger partial charge is 0.483 e. The van der Waals surface area contributed by atoms with Gasteiger partial charge in [-0.1, -0.05) is 35.3 Å². The number of nitrogens with zero attached hydrogens (tertiary/aromatic N) is 1. The molecule has 1 aliphatic rings. The Morgan fingerprint density at radius 2 is 1.82 bits per heavy atom. The Labute approximate surface area is 175 Å². The first-order valence-corrected chi connectivity index (χ1v) is 11.4. The maximum atomic E-state index is 12.9. The molecule has 1 aliphatic heterocycles. The van der Waals surface area contributed by atoms with Crippen LogP contribution in [0.3, 0.4) is 0 Å². The lowest BCUT2D eigenvalue weighted by atomic mass is 10.1. The third-order valence-electron chi connectivity index (χ3n) is 4.72. The third-order valence-corrected chi connectivity index (χ3v) is 6.96. The average molecular weight is 442 g/mol. The molecule has 28 heavy (non-hydrogen) atoms. The monoisotopic (exact) mass is 441 g/mol. The second-order valence-corrected chi connectivity index (χ2v) is 10.0. The van der Waals surface area contributed by atoms with Crippen LogP contribution in [0.15, 0.2) is 42.5 Å². The number of hydrogen-bond acceptors (Lipinski definition) is 4. The Hall–Kier alpha value is -1.76. The van der Waals surface area contributed by atoms with Gasteiger partial charge in [-0.25, -0.2) is 8.42 Å². The number of rotatable bonds is 6. The SMILES string of the molecule is Cc1cc(Cl)ccc1OCC(=O)N(Cc1ccc(Cl)cc1)[C@@H]1CCS(=O)(=O)C1. The van der Waals surface area contributed by atoms with Gasteiger partial charge >= 0.3 is 0 Å². The van der Waals surface area contributed by atoms with E-state index in [1.54, 1.807) is 35.2 Å². The summed E-state index contributed by atoms with van der Waals surface area (Å²) in [6.07, 6.45) is 0.432. The van der Waals surface area contributed by atoms with E-state index in [2.05, 4.69) is 0 Å². The van der Waals surface area contributed by atoms with Crippen LogP contribution in [0.1, 0.15) is 17.5 Å². The third kappa shape index (κ3) is 5.40. The molecule has 8 heteroatoms. The van der Waals surface area contributed by atoms with Crippen molar-refractivity contribution >= 4 is 38.9 Å². The van der Waals surface area contributed by atoms with Crippen molar-refractivity contribution < 1.29 is 17.9 Å². The molecule has 1 fully saturated rings. The fourth-order valence-corrected chi connectivity index (χ4v) is 5.31. The number of sulfone groups is 1. The maximum Gasteiger partial charge on any atom is 0.261 e. The van der Waals surface area contributed by atoms with Crippen molar-refractivity contribution in [2.45, 2.75) is 25.9 Å². The molecule has 150 valence electrons. The van der Waals surface area contributed by atoms with Crippen LogP contribution in [-0.4, -0.2) is 43.4 Å². The van der Waals surface area contributed by atoms with Gasteiger partial charge in [-0.2, -0.15) is 0 Å². The first kappa shape index (κ1) is 21.0. The van der Waals surface area contributed by atoms with Gasteiger partial charge in [0.05, 0.1) is 11.5 Å². The molecular formula is C20H21Cl2NO4S. The van der Waals surface area contributed by atoms with Gasteiger partial charge in [0.15, 0.2) is 16.4 Å². The van der Waals surface area contributed by atoms with Crippen LogP contribution in [0.4, 0.5) is 0 Å². The van der Waals surface area contributed by atoms with Gasteiger partial charge in [0.25, 0.3) is 5.91 Å². The number of carbonyl (C=O) groups is 1. The van der Waals surface area contributed by atoms with Crippen molar-refractivity contribution in [2.75, 3.05) is 18.1 Å². The maximum absolute atomic E-state index is 12.9. The highest BCUT2D eigenvalue weighted by atomic mass is 35.5. The summed E-state index contributed by atoms with van der Waals surface area (Å²) >= 11 is 11.9. The summed E-state index contributed by atoms with van der Waals surface area (Å²) in [5.74, 6) is 0.389. The molecule has 1 heterocycles. The molecule has 2 aromatic rings. The standard InChI is InChI=1S/C20H21Cl2NO4S/c1-14-10-17(22)6-7-19(14)27-12-20(24)23(18-8-9-28(25,26)13-18)11-15-2-4-16(21)5-3-15/h2-7,10,18H,8-9,11-13H2,1H3/t18-/m1/s1. The summed E-state index contributed by atoms with van der Waals surface area (Å²) in [4.78, 5) is 14.5. The number of halogens is 2. The second-order valence-electron chi connectivity index (χ2n) is 6.90. The Bertz CT molecular complexity index is 961. The predicted molar refractivity (Wildman–Crippen MR) is 111 cm³/mol. The molecule has 1 saturated heterocycles. The minimum absolute atomic E-state index is 0.0215. The average Bonchev–Trinajstić information content (AvgIpc) is 2.99. The Morgan fingerprint density at radius 1 is 1.14 bits per heavy atom. The molecule has 0 N–H and O–H groups in total. The quantitative estimate of drug-likeness (QED) is 0.681. The number of hydrogen-bond donors (Lipinski definition) is 0. The summed E-state index contributed by atoms with van der Waals surface area (Å²) in [5.41, 5.74) is 1.71. The number of benzene rings is 2.